The third kappa shape index (κ3) is 5.21. The number of hydrogen-bond acceptors (Lipinski definition) is 3. The zero-order valence-corrected chi connectivity index (χ0v) is 10.2. The minimum absolute atomic E-state index is 0.0194. The molecule has 0 spiro atoms. The van der Waals surface area contributed by atoms with E-state index < -0.39 is 5.97 Å². The van der Waals surface area contributed by atoms with Gasteiger partial charge in [-0.1, -0.05) is 0 Å². The summed E-state index contributed by atoms with van der Waals surface area (Å²) in [5.41, 5.74) is 0. The number of aliphatic carboxylic acids is 1. The number of rotatable bonds is 7. The molecule has 0 aliphatic heterocycles. The van der Waals surface area contributed by atoms with Crippen LogP contribution in [0.25, 0.3) is 0 Å². The Morgan fingerprint density at radius 2 is 2.19 bits per heavy atom. The number of carboxylic acids is 1. The molecule has 0 aromatic heterocycles. The molecule has 5 heteroatoms. The van der Waals surface area contributed by atoms with Crippen LogP contribution in [-0.2, 0) is 9.59 Å². The monoisotopic (exact) mass is 243 g/mol. The van der Waals surface area contributed by atoms with Crippen molar-refractivity contribution in [3.8, 4) is 0 Å². The van der Waals surface area contributed by atoms with Gasteiger partial charge in [0.15, 0.2) is 0 Å². The Balaban J connectivity index is 2.43. The first-order chi connectivity index (χ1) is 7.63. The average molecular weight is 243 g/mol. The molecule has 0 unspecified atom stereocenters. The Bertz CT molecular complexity index is 287. The molecule has 0 radical (unpaired) electrons. The number of hydrogen-bond donors (Lipinski definition) is 1. The van der Waals surface area contributed by atoms with E-state index >= 15 is 0 Å². The minimum Gasteiger partial charge on any atom is -0.481 e. The van der Waals surface area contributed by atoms with Crippen molar-refractivity contribution in [2.45, 2.75) is 19.3 Å². The van der Waals surface area contributed by atoms with Crippen molar-refractivity contribution in [2.75, 3.05) is 19.3 Å². The Kier molecular flexibility index (Phi) is 5.38. The highest BCUT2D eigenvalue weighted by molar-refractivity contribution is 8.01. The first-order valence-corrected chi connectivity index (χ1v) is 6.62. The minimum atomic E-state index is -0.859. The summed E-state index contributed by atoms with van der Waals surface area (Å²) in [6, 6.07) is 0. The molecule has 0 heterocycles. The van der Waals surface area contributed by atoms with Crippen molar-refractivity contribution in [1.29, 1.82) is 0 Å². The van der Waals surface area contributed by atoms with E-state index in [1.807, 2.05) is 6.26 Å². The zero-order chi connectivity index (χ0) is 12.0. The number of carboxylic acid groups (broad SMARTS) is 1. The second kappa shape index (κ2) is 6.58. The first-order valence-electron chi connectivity index (χ1n) is 5.33. The van der Waals surface area contributed by atoms with Crippen molar-refractivity contribution in [2.24, 2.45) is 5.92 Å². The Morgan fingerprint density at radius 1 is 1.50 bits per heavy atom. The maximum absolute atomic E-state index is 11.7. The predicted molar refractivity (Wildman–Crippen MR) is 64.2 cm³/mol. The molecule has 1 N–H and O–H groups in total. The van der Waals surface area contributed by atoms with E-state index in [0.717, 1.165) is 12.8 Å². The van der Waals surface area contributed by atoms with Crippen molar-refractivity contribution >= 4 is 23.6 Å². The molecular formula is C11H17NO3S. The van der Waals surface area contributed by atoms with Crippen molar-refractivity contribution in [1.82, 2.24) is 4.90 Å². The maximum Gasteiger partial charge on any atom is 0.305 e. The Morgan fingerprint density at radius 3 is 2.69 bits per heavy atom. The lowest BCUT2D eigenvalue weighted by atomic mass is 10.3. The molecule has 0 saturated heterocycles. The molecular weight excluding hydrogens is 226 g/mol. The van der Waals surface area contributed by atoms with Gasteiger partial charge in [-0.05, 0) is 30.4 Å². The molecule has 1 fully saturated rings. The van der Waals surface area contributed by atoms with Gasteiger partial charge in [-0.25, -0.2) is 0 Å². The van der Waals surface area contributed by atoms with E-state index in [9.17, 15) is 9.59 Å². The number of thioether (sulfide) groups is 1. The van der Waals surface area contributed by atoms with Crippen LogP contribution in [0.4, 0.5) is 0 Å². The molecule has 1 amide bonds. The predicted octanol–water partition coefficient (Wildman–Crippen LogP) is 1.58. The SMILES string of the molecule is CS/C=C/C(=O)N(CCC(=O)O)CC1CC1. The quantitative estimate of drug-likeness (QED) is 0.690. The summed E-state index contributed by atoms with van der Waals surface area (Å²) in [5.74, 6) is -0.356. The summed E-state index contributed by atoms with van der Waals surface area (Å²) in [6.45, 7) is 1.01. The molecule has 0 atom stereocenters. The fraction of sp³-hybridized carbons (Fsp3) is 0.636. The molecule has 16 heavy (non-hydrogen) atoms. The second-order valence-electron chi connectivity index (χ2n) is 3.91. The van der Waals surface area contributed by atoms with E-state index in [1.54, 1.807) is 10.3 Å². The molecule has 1 rings (SSSR count). The molecule has 0 aromatic carbocycles. The van der Waals surface area contributed by atoms with Crippen LogP contribution < -0.4 is 0 Å². The average Bonchev–Trinajstić information content (AvgIpc) is 3.04. The fourth-order valence-corrected chi connectivity index (χ4v) is 1.62. The molecule has 1 aliphatic carbocycles. The van der Waals surface area contributed by atoms with E-state index in [4.69, 9.17) is 5.11 Å². The van der Waals surface area contributed by atoms with Crippen LogP contribution in [0.2, 0.25) is 0 Å². The molecule has 90 valence electrons. The number of nitrogens with zero attached hydrogens (tertiary/aromatic N) is 1. The largest absolute Gasteiger partial charge is 0.481 e. The summed E-state index contributed by atoms with van der Waals surface area (Å²) in [4.78, 5) is 23.8. The van der Waals surface area contributed by atoms with Crippen molar-refractivity contribution < 1.29 is 14.7 Å². The van der Waals surface area contributed by atoms with Gasteiger partial charge in [-0.15, -0.1) is 11.8 Å². The van der Waals surface area contributed by atoms with Gasteiger partial charge in [-0.2, -0.15) is 0 Å². The van der Waals surface area contributed by atoms with Crippen molar-refractivity contribution in [3.05, 3.63) is 11.5 Å². The second-order valence-corrected chi connectivity index (χ2v) is 4.65. The highest BCUT2D eigenvalue weighted by Crippen LogP contribution is 2.29. The third-order valence-electron chi connectivity index (χ3n) is 2.43. The van der Waals surface area contributed by atoms with Crippen LogP contribution in [0.3, 0.4) is 0 Å². The van der Waals surface area contributed by atoms with E-state index in [2.05, 4.69) is 0 Å². The van der Waals surface area contributed by atoms with Gasteiger partial charge in [0.05, 0.1) is 6.42 Å². The summed E-state index contributed by atoms with van der Waals surface area (Å²) < 4.78 is 0. The molecule has 1 aliphatic rings. The Labute approximate surface area is 99.7 Å². The normalized spacial score (nSPS) is 15.3. The lowest BCUT2D eigenvalue weighted by Gasteiger charge is -2.20. The molecule has 0 bridgehead atoms. The number of amides is 1. The highest BCUT2D eigenvalue weighted by atomic mass is 32.2. The van der Waals surface area contributed by atoms with Gasteiger partial charge in [0.1, 0.15) is 0 Å². The summed E-state index contributed by atoms with van der Waals surface area (Å²) in [6.07, 6.45) is 5.72. The summed E-state index contributed by atoms with van der Waals surface area (Å²) in [5, 5.41) is 10.3. The Hall–Kier alpha value is -0.970. The molecule has 1 saturated carbocycles. The summed E-state index contributed by atoms with van der Waals surface area (Å²) in [7, 11) is 0. The van der Waals surface area contributed by atoms with Gasteiger partial charge in [0.2, 0.25) is 5.91 Å². The maximum atomic E-state index is 11.7. The number of carbonyl (C=O) groups excluding carboxylic acids is 1. The van der Waals surface area contributed by atoms with Crippen LogP contribution in [0.1, 0.15) is 19.3 Å². The van der Waals surface area contributed by atoms with Crippen LogP contribution in [0, 0.1) is 5.92 Å². The van der Waals surface area contributed by atoms with E-state index in [-0.39, 0.29) is 12.3 Å². The molecule has 4 nitrogen and oxygen atoms in total. The standard InChI is InChI=1S/C11H17NO3S/c1-16-7-5-10(13)12(6-4-11(14)15)8-9-2-3-9/h5,7,9H,2-4,6,8H2,1H3,(H,14,15)/b7-5+. The zero-order valence-electron chi connectivity index (χ0n) is 9.39. The van der Waals surface area contributed by atoms with E-state index in [0.29, 0.717) is 19.0 Å². The van der Waals surface area contributed by atoms with Crippen LogP contribution >= 0.6 is 11.8 Å². The van der Waals surface area contributed by atoms with Gasteiger partial charge >= 0.3 is 5.97 Å². The topological polar surface area (TPSA) is 57.6 Å². The van der Waals surface area contributed by atoms with E-state index in [1.165, 1.54) is 17.8 Å². The smallest absolute Gasteiger partial charge is 0.305 e. The highest BCUT2D eigenvalue weighted by Gasteiger charge is 2.26. The van der Waals surface area contributed by atoms with Gasteiger partial charge < -0.3 is 10.0 Å². The van der Waals surface area contributed by atoms with Gasteiger partial charge in [0.25, 0.3) is 0 Å². The van der Waals surface area contributed by atoms with Gasteiger partial charge in [0, 0.05) is 19.2 Å². The lowest BCUT2D eigenvalue weighted by Crippen LogP contribution is -2.33. The van der Waals surface area contributed by atoms with Gasteiger partial charge in [-0.3, -0.25) is 9.59 Å². The summed E-state index contributed by atoms with van der Waals surface area (Å²) >= 11 is 1.46. The number of carbonyl (C=O) groups is 2. The first kappa shape index (κ1) is 13.1. The third-order valence-corrected chi connectivity index (χ3v) is 2.84. The fourth-order valence-electron chi connectivity index (χ4n) is 1.37. The molecule has 0 aromatic rings. The van der Waals surface area contributed by atoms with Crippen LogP contribution in [0.15, 0.2) is 11.5 Å². The van der Waals surface area contributed by atoms with Crippen LogP contribution in [0.5, 0.6) is 0 Å². The van der Waals surface area contributed by atoms with Crippen molar-refractivity contribution in [3.63, 3.8) is 0 Å². The van der Waals surface area contributed by atoms with Crippen LogP contribution in [-0.4, -0.2) is 41.2 Å². The lowest BCUT2D eigenvalue weighted by molar-refractivity contribution is -0.138.